The van der Waals surface area contributed by atoms with Gasteiger partial charge in [-0.05, 0) is 36.8 Å². The van der Waals surface area contributed by atoms with Crippen LogP contribution in [0.3, 0.4) is 0 Å². The van der Waals surface area contributed by atoms with E-state index in [9.17, 15) is 0 Å². The topological polar surface area (TPSA) is 21.3 Å². The normalized spacial score (nSPS) is 18.2. The van der Waals surface area contributed by atoms with Gasteiger partial charge in [-0.3, -0.25) is 0 Å². The first-order chi connectivity index (χ1) is 9.29. The Labute approximate surface area is 127 Å². The summed E-state index contributed by atoms with van der Waals surface area (Å²) in [6.07, 6.45) is 7.92. The van der Waals surface area contributed by atoms with Gasteiger partial charge in [-0.2, -0.15) is 11.8 Å². The molecule has 1 fully saturated rings. The minimum absolute atomic E-state index is 0.313. The number of rotatable bonds is 6. The molecule has 1 unspecified atom stereocenters. The molecule has 1 N–H and O–H groups in total. The van der Waals surface area contributed by atoms with E-state index in [1.807, 2.05) is 12.1 Å². The van der Waals surface area contributed by atoms with Crippen molar-refractivity contribution in [3.63, 3.8) is 0 Å². The molecule has 1 aliphatic heterocycles. The van der Waals surface area contributed by atoms with Crippen molar-refractivity contribution in [2.75, 3.05) is 18.9 Å². The molecule has 0 spiro atoms. The minimum atomic E-state index is 0.313. The maximum absolute atomic E-state index is 5.56. The number of benzene rings is 1. The third kappa shape index (κ3) is 4.76. The summed E-state index contributed by atoms with van der Waals surface area (Å²) in [4.78, 5) is 0. The summed E-state index contributed by atoms with van der Waals surface area (Å²) in [6, 6.07) is 6.02. The predicted molar refractivity (Wildman–Crippen MR) is 85.7 cm³/mol. The first-order valence-corrected chi connectivity index (χ1v) is 8.31. The molecule has 1 aromatic rings. The van der Waals surface area contributed by atoms with Gasteiger partial charge in [-0.25, -0.2) is 0 Å². The number of hydrogen-bond donors (Lipinski definition) is 1. The summed E-state index contributed by atoms with van der Waals surface area (Å²) in [5.74, 6) is 4.67. The summed E-state index contributed by atoms with van der Waals surface area (Å²) in [5.41, 5.74) is 1.15. The quantitative estimate of drug-likeness (QED) is 0.802. The van der Waals surface area contributed by atoms with Crippen molar-refractivity contribution >= 4 is 27.7 Å². The summed E-state index contributed by atoms with van der Waals surface area (Å²) < 4.78 is 6.62. The summed E-state index contributed by atoms with van der Waals surface area (Å²) in [7, 11) is 0. The van der Waals surface area contributed by atoms with Gasteiger partial charge in [-0.1, -0.05) is 21.9 Å². The van der Waals surface area contributed by atoms with Gasteiger partial charge in [0.15, 0.2) is 0 Å². The second kappa shape index (κ2) is 7.84. The number of terminal acetylenes is 1. The fourth-order valence-corrected chi connectivity index (χ4v) is 3.76. The smallest absolute Gasteiger partial charge is 0.148 e. The van der Waals surface area contributed by atoms with Crippen LogP contribution in [-0.2, 0) is 6.54 Å². The van der Waals surface area contributed by atoms with Gasteiger partial charge >= 0.3 is 0 Å². The number of thioether (sulfide) groups is 1. The Kier molecular flexibility index (Phi) is 6.09. The molecule has 0 aliphatic carbocycles. The standard InChI is InChI=1S/C15H18BrNOS/c1-2-7-18-15-6-5-13(16)9-12(15)10-17-11-14-4-3-8-19-14/h1,5-6,9,14,17H,3-4,7-8,10-11H2. The molecule has 1 aromatic carbocycles. The number of nitrogens with one attached hydrogen (secondary N) is 1. The van der Waals surface area contributed by atoms with Crippen molar-refractivity contribution in [1.82, 2.24) is 5.32 Å². The molecule has 0 amide bonds. The molecule has 0 aromatic heterocycles. The van der Waals surface area contributed by atoms with Gasteiger partial charge in [-0.15, -0.1) is 6.42 Å². The van der Waals surface area contributed by atoms with Crippen LogP contribution in [-0.4, -0.2) is 24.2 Å². The molecule has 19 heavy (non-hydrogen) atoms. The number of ether oxygens (including phenoxy) is 1. The largest absolute Gasteiger partial charge is 0.481 e. The van der Waals surface area contributed by atoms with Crippen LogP contribution in [0.15, 0.2) is 22.7 Å². The van der Waals surface area contributed by atoms with Gasteiger partial charge in [0.05, 0.1) is 0 Å². The van der Waals surface area contributed by atoms with Crippen molar-refractivity contribution in [3.05, 3.63) is 28.2 Å². The average molecular weight is 340 g/mol. The van der Waals surface area contributed by atoms with E-state index >= 15 is 0 Å². The fraction of sp³-hybridized carbons (Fsp3) is 0.467. The fourth-order valence-electron chi connectivity index (χ4n) is 2.12. The van der Waals surface area contributed by atoms with Crippen molar-refractivity contribution in [2.45, 2.75) is 24.6 Å². The first kappa shape index (κ1) is 14.8. The van der Waals surface area contributed by atoms with Gasteiger partial charge in [0.25, 0.3) is 0 Å². The van der Waals surface area contributed by atoms with Crippen molar-refractivity contribution in [1.29, 1.82) is 0 Å². The monoisotopic (exact) mass is 339 g/mol. The molecule has 1 aliphatic rings. The molecule has 102 valence electrons. The Morgan fingerprint density at radius 2 is 2.42 bits per heavy atom. The third-order valence-electron chi connectivity index (χ3n) is 3.04. The van der Waals surface area contributed by atoms with Crippen LogP contribution in [0.5, 0.6) is 5.75 Å². The molecule has 1 heterocycles. The maximum atomic E-state index is 5.56. The van der Waals surface area contributed by atoms with Crippen LogP contribution in [0.4, 0.5) is 0 Å². The van der Waals surface area contributed by atoms with Crippen molar-refractivity contribution in [3.8, 4) is 18.1 Å². The van der Waals surface area contributed by atoms with E-state index in [4.69, 9.17) is 11.2 Å². The Morgan fingerprint density at radius 3 is 3.16 bits per heavy atom. The SMILES string of the molecule is C#CCOc1ccc(Br)cc1CNCC1CCCS1. The van der Waals surface area contributed by atoms with Gasteiger partial charge < -0.3 is 10.1 Å². The average Bonchev–Trinajstić information content (AvgIpc) is 2.91. The lowest BCUT2D eigenvalue weighted by atomic mass is 10.2. The van der Waals surface area contributed by atoms with Gasteiger partial charge in [0.2, 0.25) is 0 Å². The zero-order valence-electron chi connectivity index (χ0n) is 10.8. The highest BCUT2D eigenvalue weighted by atomic mass is 79.9. The Hall–Kier alpha value is -0.630. The van der Waals surface area contributed by atoms with Crippen LogP contribution in [0.2, 0.25) is 0 Å². The number of halogens is 1. The van der Waals surface area contributed by atoms with Crippen molar-refractivity contribution < 1.29 is 4.74 Å². The van der Waals surface area contributed by atoms with Crippen LogP contribution < -0.4 is 10.1 Å². The van der Waals surface area contributed by atoms with E-state index in [0.29, 0.717) is 6.61 Å². The molecule has 0 radical (unpaired) electrons. The van der Waals surface area contributed by atoms with E-state index in [-0.39, 0.29) is 0 Å². The van der Waals surface area contributed by atoms with Gasteiger partial charge in [0, 0.05) is 28.4 Å². The van der Waals surface area contributed by atoms with E-state index in [1.54, 1.807) is 0 Å². The predicted octanol–water partition coefficient (Wildman–Crippen LogP) is 3.45. The maximum Gasteiger partial charge on any atom is 0.148 e. The zero-order chi connectivity index (χ0) is 13.5. The van der Waals surface area contributed by atoms with Crippen molar-refractivity contribution in [2.24, 2.45) is 0 Å². The lowest BCUT2D eigenvalue weighted by Crippen LogP contribution is -2.23. The minimum Gasteiger partial charge on any atom is -0.481 e. The first-order valence-electron chi connectivity index (χ1n) is 6.46. The molecule has 1 atom stereocenters. The van der Waals surface area contributed by atoms with Gasteiger partial charge in [0.1, 0.15) is 12.4 Å². The second-order valence-electron chi connectivity index (χ2n) is 4.51. The highest BCUT2D eigenvalue weighted by Gasteiger charge is 2.15. The lowest BCUT2D eigenvalue weighted by molar-refractivity contribution is 0.364. The lowest BCUT2D eigenvalue weighted by Gasteiger charge is -2.13. The molecule has 4 heteroatoms. The molecule has 2 nitrogen and oxygen atoms in total. The van der Waals surface area contributed by atoms with Crippen LogP contribution >= 0.6 is 27.7 Å². The Bertz CT molecular complexity index is 452. The third-order valence-corrected chi connectivity index (χ3v) is 4.94. The highest BCUT2D eigenvalue weighted by Crippen LogP contribution is 2.26. The second-order valence-corrected chi connectivity index (χ2v) is 6.83. The molecule has 0 saturated carbocycles. The number of hydrogen-bond acceptors (Lipinski definition) is 3. The van der Waals surface area contributed by atoms with Crippen LogP contribution in [0.25, 0.3) is 0 Å². The Morgan fingerprint density at radius 1 is 1.53 bits per heavy atom. The molecule has 0 bridgehead atoms. The highest BCUT2D eigenvalue weighted by molar-refractivity contribution is 9.10. The van der Waals surface area contributed by atoms with E-state index in [2.05, 4.69) is 45.0 Å². The van der Waals surface area contributed by atoms with E-state index in [1.165, 1.54) is 18.6 Å². The summed E-state index contributed by atoms with van der Waals surface area (Å²) in [6.45, 7) is 2.19. The molecular formula is C15H18BrNOS. The van der Waals surface area contributed by atoms with Crippen LogP contribution in [0, 0.1) is 12.3 Å². The van der Waals surface area contributed by atoms with E-state index < -0.39 is 0 Å². The molecule has 1 saturated heterocycles. The molecular weight excluding hydrogens is 322 g/mol. The zero-order valence-corrected chi connectivity index (χ0v) is 13.2. The summed E-state index contributed by atoms with van der Waals surface area (Å²) >= 11 is 5.56. The molecule has 2 rings (SSSR count). The van der Waals surface area contributed by atoms with E-state index in [0.717, 1.165) is 34.1 Å². The summed E-state index contributed by atoms with van der Waals surface area (Å²) in [5, 5.41) is 4.28. The Balaban J connectivity index is 1.89. The van der Waals surface area contributed by atoms with Crippen LogP contribution in [0.1, 0.15) is 18.4 Å².